The van der Waals surface area contributed by atoms with Crippen molar-refractivity contribution in [3.05, 3.63) is 141 Å². The normalized spacial score (nSPS) is 15.9. The second-order valence-corrected chi connectivity index (χ2v) is 14.0. The minimum absolute atomic E-state index is 0.0126. The van der Waals surface area contributed by atoms with Crippen LogP contribution in [0.4, 0.5) is 5.13 Å². The number of carbonyl (C=O) groups is 2. The van der Waals surface area contributed by atoms with E-state index in [-0.39, 0.29) is 16.5 Å². The van der Waals surface area contributed by atoms with Gasteiger partial charge in [0.25, 0.3) is 5.78 Å². The van der Waals surface area contributed by atoms with E-state index in [0.29, 0.717) is 44.5 Å². The molecule has 47 heavy (non-hydrogen) atoms. The van der Waals surface area contributed by atoms with Crippen LogP contribution < -0.4 is 9.64 Å². The van der Waals surface area contributed by atoms with E-state index in [9.17, 15) is 14.7 Å². The maximum absolute atomic E-state index is 13.7. The molecule has 0 aliphatic carbocycles. The van der Waals surface area contributed by atoms with Gasteiger partial charge in [0.2, 0.25) is 5.13 Å². The van der Waals surface area contributed by atoms with Crippen LogP contribution in [0.1, 0.15) is 59.2 Å². The van der Waals surface area contributed by atoms with E-state index in [2.05, 4.69) is 24.0 Å². The number of hydrogen-bond acceptors (Lipinski definition) is 8. The first-order valence-corrected chi connectivity index (χ1v) is 17.3. The Morgan fingerprint density at radius 3 is 2.30 bits per heavy atom. The Hall–Kier alpha value is -4.44. The summed E-state index contributed by atoms with van der Waals surface area (Å²) in [6.45, 7) is 6.62. The Morgan fingerprint density at radius 1 is 0.936 bits per heavy atom. The summed E-state index contributed by atoms with van der Waals surface area (Å²) in [6, 6.07) is 29.3. The summed E-state index contributed by atoms with van der Waals surface area (Å²) in [5, 5.41) is 21.2. The molecule has 0 radical (unpaired) electrons. The first-order valence-electron chi connectivity index (χ1n) is 15.1. The molecule has 7 nitrogen and oxygen atoms in total. The summed E-state index contributed by atoms with van der Waals surface area (Å²) in [7, 11) is 0. The predicted octanol–water partition coefficient (Wildman–Crippen LogP) is 9.12. The van der Waals surface area contributed by atoms with Crippen molar-refractivity contribution in [3.63, 3.8) is 0 Å². The average Bonchev–Trinajstić information content (AvgIpc) is 3.65. The highest BCUT2D eigenvalue weighted by Crippen LogP contribution is 2.44. The third-order valence-corrected chi connectivity index (χ3v) is 10.5. The third kappa shape index (κ3) is 6.98. The zero-order valence-electron chi connectivity index (χ0n) is 26.0. The van der Waals surface area contributed by atoms with Crippen LogP contribution in [0.3, 0.4) is 0 Å². The summed E-state index contributed by atoms with van der Waals surface area (Å²) < 4.78 is 6.60. The Kier molecular flexibility index (Phi) is 9.77. The van der Waals surface area contributed by atoms with Gasteiger partial charge in [0, 0.05) is 16.3 Å². The number of ether oxygens (including phenoxy) is 1. The van der Waals surface area contributed by atoms with Gasteiger partial charge >= 0.3 is 5.91 Å². The zero-order valence-corrected chi connectivity index (χ0v) is 28.4. The zero-order chi connectivity index (χ0) is 33.1. The van der Waals surface area contributed by atoms with Gasteiger partial charge in [-0.25, -0.2) is 0 Å². The lowest BCUT2D eigenvalue weighted by molar-refractivity contribution is -0.132. The number of aryl methyl sites for hydroxylation is 1. The van der Waals surface area contributed by atoms with Crippen molar-refractivity contribution < 1.29 is 19.4 Å². The molecule has 1 aliphatic heterocycles. The highest BCUT2D eigenvalue weighted by Gasteiger charge is 2.48. The van der Waals surface area contributed by atoms with Crippen LogP contribution in [0.2, 0.25) is 5.02 Å². The molecule has 238 valence electrons. The molecule has 2 heterocycles. The molecular formula is C37H32ClN3O4S2. The molecule has 1 amide bonds. The van der Waals surface area contributed by atoms with E-state index in [0.717, 1.165) is 22.3 Å². The predicted molar refractivity (Wildman–Crippen MR) is 188 cm³/mol. The average molecular weight is 682 g/mol. The lowest BCUT2D eigenvalue weighted by Crippen LogP contribution is -2.29. The minimum atomic E-state index is -0.900. The number of Topliss-reactive ketones (excluding diaryl/α,β-unsaturated/α-hetero) is 1. The maximum atomic E-state index is 13.7. The van der Waals surface area contributed by atoms with Crippen molar-refractivity contribution in [2.75, 3.05) is 4.90 Å². The molecule has 4 aromatic carbocycles. The van der Waals surface area contributed by atoms with Gasteiger partial charge in [-0.3, -0.25) is 14.5 Å². The van der Waals surface area contributed by atoms with Gasteiger partial charge in [-0.2, -0.15) is 0 Å². The number of rotatable bonds is 10. The third-order valence-electron chi connectivity index (χ3n) is 8.06. The number of thioether (sulfide) groups is 1. The lowest BCUT2D eigenvalue weighted by atomic mass is 9.93. The van der Waals surface area contributed by atoms with Crippen molar-refractivity contribution >= 4 is 57.3 Å². The summed E-state index contributed by atoms with van der Waals surface area (Å²) in [6.07, 6.45) is 0. The van der Waals surface area contributed by atoms with Crippen LogP contribution in [-0.4, -0.2) is 27.0 Å². The van der Waals surface area contributed by atoms with Crippen LogP contribution in [0.15, 0.2) is 107 Å². The van der Waals surface area contributed by atoms with Crippen LogP contribution in [-0.2, 0) is 21.9 Å². The SMILES string of the molecule is Cc1ccccc1COc1ccc(/C(O)=C2\C(=O)C(=O)N(c3nnc(SCc4ccccc4Cl)s3)C2c2ccc(C(C)C)cc2)cc1. The maximum Gasteiger partial charge on any atom is 0.301 e. The molecule has 1 saturated heterocycles. The van der Waals surface area contributed by atoms with E-state index >= 15 is 0 Å². The Morgan fingerprint density at radius 2 is 1.62 bits per heavy atom. The second-order valence-electron chi connectivity index (χ2n) is 11.5. The number of ketones is 1. The number of aliphatic hydroxyl groups is 1. The summed E-state index contributed by atoms with van der Waals surface area (Å²) >= 11 is 8.99. The van der Waals surface area contributed by atoms with Crippen LogP contribution in [0.5, 0.6) is 5.75 Å². The number of hydrogen-bond donors (Lipinski definition) is 1. The highest BCUT2D eigenvalue weighted by molar-refractivity contribution is 8.00. The molecule has 1 aromatic heterocycles. The fraction of sp³-hybridized carbons (Fsp3) is 0.189. The van der Waals surface area contributed by atoms with Gasteiger partial charge in [0.15, 0.2) is 4.34 Å². The van der Waals surface area contributed by atoms with Crippen molar-refractivity contribution in [2.45, 2.75) is 49.4 Å². The molecule has 0 bridgehead atoms. The number of aliphatic hydroxyl groups excluding tert-OH is 1. The van der Waals surface area contributed by atoms with Gasteiger partial charge in [0.1, 0.15) is 18.1 Å². The minimum Gasteiger partial charge on any atom is -0.507 e. The van der Waals surface area contributed by atoms with Gasteiger partial charge in [-0.1, -0.05) is 115 Å². The van der Waals surface area contributed by atoms with E-state index in [1.165, 1.54) is 28.0 Å². The van der Waals surface area contributed by atoms with Crippen LogP contribution >= 0.6 is 34.7 Å². The number of aromatic nitrogens is 2. The Balaban J connectivity index is 1.32. The topological polar surface area (TPSA) is 92.6 Å². The molecular weight excluding hydrogens is 650 g/mol. The van der Waals surface area contributed by atoms with Gasteiger partial charge in [-0.05, 0) is 71.0 Å². The van der Waals surface area contributed by atoms with Crippen LogP contribution in [0.25, 0.3) is 5.76 Å². The number of halogens is 1. The summed E-state index contributed by atoms with van der Waals surface area (Å²) in [4.78, 5) is 28.7. The fourth-order valence-electron chi connectivity index (χ4n) is 5.32. The Bertz CT molecular complexity index is 1960. The summed E-state index contributed by atoms with van der Waals surface area (Å²) in [5.41, 5.74) is 5.33. The number of carbonyl (C=O) groups excluding carboxylic acids is 2. The molecule has 1 N–H and O–H groups in total. The van der Waals surface area contributed by atoms with E-state index in [1.807, 2.05) is 79.7 Å². The van der Waals surface area contributed by atoms with E-state index < -0.39 is 17.7 Å². The van der Waals surface area contributed by atoms with Gasteiger partial charge in [-0.15, -0.1) is 10.2 Å². The highest BCUT2D eigenvalue weighted by atomic mass is 35.5. The van der Waals surface area contributed by atoms with Crippen LogP contribution in [0, 0.1) is 6.92 Å². The number of anilines is 1. The fourth-order valence-corrected chi connectivity index (χ4v) is 7.47. The first-order chi connectivity index (χ1) is 22.7. The molecule has 0 saturated carbocycles. The molecule has 10 heteroatoms. The molecule has 5 aromatic rings. The number of benzene rings is 4. The lowest BCUT2D eigenvalue weighted by Gasteiger charge is -2.23. The molecule has 1 unspecified atom stereocenters. The van der Waals surface area contributed by atoms with Gasteiger partial charge < -0.3 is 9.84 Å². The largest absolute Gasteiger partial charge is 0.507 e. The molecule has 0 spiro atoms. The number of amides is 1. The monoisotopic (exact) mass is 681 g/mol. The van der Waals surface area contributed by atoms with E-state index in [4.69, 9.17) is 16.3 Å². The molecule has 1 fully saturated rings. The first kappa shape index (κ1) is 32.5. The van der Waals surface area contributed by atoms with Crippen molar-refractivity contribution in [3.8, 4) is 5.75 Å². The van der Waals surface area contributed by atoms with E-state index in [1.54, 1.807) is 24.3 Å². The van der Waals surface area contributed by atoms with Crippen molar-refractivity contribution in [1.29, 1.82) is 0 Å². The summed E-state index contributed by atoms with van der Waals surface area (Å²) in [5.74, 6) is -0.364. The standard InChI is InChI=1S/C37H32ClN3O4S2/c1-22(2)24-12-14-25(15-13-24)32-31(33(42)26-16-18-29(19-17-26)45-20-27-9-5-4-8-23(27)3)34(43)35(44)41(32)36-39-40-37(47-36)46-21-28-10-6-7-11-30(28)38/h4-19,22,32,42H,20-21H2,1-3H3/b33-31+. The smallest absolute Gasteiger partial charge is 0.301 e. The van der Waals surface area contributed by atoms with Crippen molar-refractivity contribution in [2.24, 2.45) is 0 Å². The van der Waals surface area contributed by atoms with Gasteiger partial charge in [0.05, 0.1) is 11.6 Å². The van der Waals surface area contributed by atoms with Crippen molar-refractivity contribution in [1.82, 2.24) is 10.2 Å². The molecule has 1 aliphatic rings. The number of nitrogens with zero attached hydrogens (tertiary/aromatic N) is 3. The second kappa shape index (κ2) is 14.1. The Labute approximate surface area is 286 Å². The molecule has 1 atom stereocenters. The quantitative estimate of drug-likeness (QED) is 0.0517. The molecule has 6 rings (SSSR count).